The third-order valence-corrected chi connectivity index (χ3v) is 3.52. The molecule has 0 aromatic heterocycles. The Morgan fingerprint density at radius 2 is 1.44 bits per heavy atom. The van der Waals surface area contributed by atoms with Crippen molar-refractivity contribution in [2.24, 2.45) is 5.92 Å². The van der Waals surface area contributed by atoms with Crippen LogP contribution in [0.5, 0.6) is 0 Å². The van der Waals surface area contributed by atoms with Gasteiger partial charge in [-0.2, -0.15) is 0 Å². The van der Waals surface area contributed by atoms with Crippen molar-refractivity contribution in [1.29, 1.82) is 0 Å². The van der Waals surface area contributed by atoms with Gasteiger partial charge in [0.2, 0.25) is 0 Å². The highest BCUT2D eigenvalue weighted by Crippen LogP contribution is 2.20. The van der Waals surface area contributed by atoms with Gasteiger partial charge in [0.25, 0.3) is 0 Å². The lowest BCUT2D eigenvalue weighted by atomic mass is 9.93. The van der Waals surface area contributed by atoms with Gasteiger partial charge in [-0.25, -0.2) is 0 Å². The average molecular weight is 224 g/mol. The predicted octanol–water partition coefficient (Wildman–Crippen LogP) is 6.12. The summed E-state index contributed by atoms with van der Waals surface area (Å²) in [4.78, 5) is 0. The summed E-state index contributed by atoms with van der Waals surface area (Å²) in [5, 5.41) is 0. The Kier molecular flexibility index (Phi) is 11.0. The van der Waals surface area contributed by atoms with E-state index in [2.05, 4.69) is 27.4 Å². The highest BCUT2D eigenvalue weighted by Gasteiger charge is 2.04. The summed E-state index contributed by atoms with van der Waals surface area (Å²) in [6, 6.07) is 0. The van der Waals surface area contributed by atoms with Crippen molar-refractivity contribution >= 4 is 0 Å². The molecule has 0 heterocycles. The zero-order chi connectivity index (χ0) is 12.2. The molecule has 96 valence electrons. The van der Waals surface area contributed by atoms with Crippen molar-refractivity contribution in [2.45, 2.75) is 85.0 Å². The van der Waals surface area contributed by atoms with Gasteiger partial charge in [-0.05, 0) is 25.2 Å². The van der Waals surface area contributed by atoms with Crippen molar-refractivity contribution in [1.82, 2.24) is 0 Å². The van der Waals surface area contributed by atoms with E-state index in [1.165, 1.54) is 69.8 Å². The van der Waals surface area contributed by atoms with Gasteiger partial charge in [-0.15, -0.1) is 0 Å². The van der Waals surface area contributed by atoms with Gasteiger partial charge < -0.3 is 0 Å². The Morgan fingerprint density at radius 3 is 2.00 bits per heavy atom. The monoisotopic (exact) mass is 224 g/mol. The van der Waals surface area contributed by atoms with Crippen molar-refractivity contribution in [3.05, 3.63) is 12.2 Å². The first-order valence-electron chi connectivity index (χ1n) is 7.40. The van der Waals surface area contributed by atoms with Crippen molar-refractivity contribution in [3.63, 3.8) is 0 Å². The fourth-order valence-electron chi connectivity index (χ4n) is 2.19. The minimum atomic E-state index is 0.741. The molecule has 0 heteroatoms. The molecule has 0 rings (SSSR count). The van der Waals surface area contributed by atoms with E-state index in [1.807, 2.05) is 0 Å². The molecule has 0 aliphatic heterocycles. The second-order valence-corrected chi connectivity index (χ2v) is 5.22. The average Bonchev–Trinajstić information content (AvgIpc) is 2.28. The van der Waals surface area contributed by atoms with Crippen LogP contribution < -0.4 is 0 Å². The smallest absolute Gasteiger partial charge is 0.0234 e. The minimum Gasteiger partial charge on any atom is -0.0996 e. The lowest BCUT2D eigenvalue weighted by molar-refractivity contribution is 0.547. The predicted molar refractivity (Wildman–Crippen MR) is 75.8 cm³/mol. The highest BCUT2D eigenvalue weighted by molar-refractivity contribution is 4.98. The van der Waals surface area contributed by atoms with E-state index in [1.54, 1.807) is 0 Å². The molecule has 0 N–H and O–H groups in total. The summed E-state index contributed by atoms with van der Waals surface area (Å²) in [5.74, 6) is 0.741. The molecule has 0 radical (unpaired) electrons. The van der Waals surface area contributed by atoms with Crippen LogP contribution in [0.15, 0.2) is 12.2 Å². The van der Waals surface area contributed by atoms with Crippen molar-refractivity contribution in [2.75, 3.05) is 0 Å². The van der Waals surface area contributed by atoms with Crippen LogP contribution >= 0.6 is 0 Å². The summed E-state index contributed by atoms with van der Waals surface area (Å²) in [6.45, 7) is 11.1. The molecule has 0 aromatic carbocycles. The molecule has 0 aliphatic rings. The number of allylic oxidation sites excluding steroid dienone is 1. The molecule has 0 aliphatic carbocycles. The molecule has 0 amide bonds. The summed E-state index contributed by atoms with van der Waals surface area (Å²) < 4.78 is 0. The van der Waals surface area contributed by atoms with Gasteiger partial charge >= 0.3 is 0 Å². The van der Waals surface area contributed by atoms with E-state index >= 15 is 0 Å². The Bertz CT molecular complexity index is 157. The largest absolute Gasteiger partial charge is 0.0996 e. The quantitative estimate of drug-likeness (QED) is 0.293. The lowest BCUT2D eigenvalue weighted by Gasteiger charge is -2.13. The summed E-state index contributed by atoms with van der Waals surface area (Å²) >= 11 is 0. The topological polar surface area (TPSA) is 0 Å². The second-order valence-electron chi connectivity index (χ2n) is 5.22. The Hall–Kier alpha value is -0.260. The highest BCUT2D eigenvalue weighted by atomic mass is 14.1. The minimum absolute atomic E-state index is 0.741. The molecule has 0 spiro atoms. The van der Waals surface area contributed by atoms with Crippen LogP contribution in [-0.2, 0) is 0 Å². The standard InChI is InChI=1S/C16H32/c1-5-7-8-9-10-11-12-14-16(4)15(3)13-6-2/h15H,4-14H2,1-3H3. The molecule has 1 atom stereocenters. The molecule has 0 nitrogen and oxygen atoms in total. The normalized spacial score (nSPS) is 12.7. The van der Waals surface area contributed by atoms with Crippen LogP contribution in [0.25, 0.3) is 0 Å². The van der Waals surface area contributed by atoms with E-state index in [-0.39, 0.29) is 0 Å². The molecule has 0 saturated heterocycles. The van der Waals surface area contributed by atoms with E-state index < -0.39 is 0 Å². The first kappa shape index (κ1) is 15.7. The SMILES string of the molecule is C=C(CCCCCCCCC)C(C)CCC. The fraction of sp³-hybridized carbons (Fsp3) is 0.875. The second kappa shape index (κ2) is 11.2. The molecular formula is C16H32. The first-order valence-corrected chi connectivity index (χ1v) is 7.40. The molecule has 0 fully saturated rings. The number of hydrogen-bond donors (Lipinski definition) is 0. The maximum Gasteiger partial charge on any atom is -0.0234 e. The third-order valence-electron chi connectivity index (χ3n) is 3.52. The maximum absolute atomic E-state index is 4.22. The van der Waals surface area contributed by atoms with Gasteiger partial charge in [0.1, 0.15) is 0 Å². The van der Waals surface area contributed by atoms with Crippen LogP contribution in [0, 0.1) is 5.92 Å². The number of hydrogen-bond acceptors (Lipinski definition) is 0. The summed E-state index contributed by atoms with van der Waals surface area (Å²) in [7, 11) is 0. The zero-order valence-electron chi connectivity index (χ0n) is 11.9. The maximum atomic E-state index is 4.22. The van der Waals surface area contributed by atoms with E-state index in [9.17, 15) is 0 Å². The third kappa shape index (κ3) is 9.00. The van der Waals surface area contributed by atoms with Gasteiger partial charge in [-0.3, -0.25) is 0 Å². The number of unbranched alkanes of at least 4 members (excludes halogenated alkanes) is 6. The molecule has 1 unspecified atom stereocenters. The van der Waals surface area contributed by atoms with Crippen molar-refractivity contribution < 1.29 is 0 Å². The number of rotatable bonds is 11. The fourth-order valence-corrected chi connectivity index (χ4v) is 2.19. The first-order chi connectivity index (χ1) is 7.72. The molecule has 0 aromatic rings. The summed E-state index contributed by atoms with van der Waals surface area (Å²) in [6.07, 6.45) is 13.7. The Balaban J connectivity index is 3.27. The van der Waals surface area contributed by atoms with Crippen LogP contribution in [0.4, 0.5) is 0 Å². The molecule has 16 heavy (non-hydrogen) atoms. The van der Waals surface area contributed by atoms with Gasteiger partial charge in [0, 0.05) is 0 Å². The lowest BCUT2D eigenvalue weighted by Crippen LogP contribution is -1.97. The van der Waals surface area contributed by atoms with Gasteiger partial charge in [0.15, 0.2) is 0 Å². The van der Waals surface area contributed by atoms with Gasteiger partial charge in [-0.1, -0.05) is 77.9 Å². The van der Waals surface area contributed by atoms with Gasteiger partial charge in [0.05, 0.1) is 0 Å². The summed E-state index contributed by atoms with van der Waals surface area (Å²) in [5.41, 5.74) is 1.48. The van der Waals surface area contributed by atoms with E-state index in [0.29, 0.717) is 0 Å². The van der Waals surface area contributed by atoms with Crippen LogP contribution in [0.2, 0.25) is 0 Å². The van der Waals surface area contributed by atoms with E-state index in [0.717, 1.165) is 5.92 Å². The Labute approximate surface area is 104 Å². The Morgan fingerprint density at radius 1 is 0.875 bits per heavy atom. The van der Waals surface area contributed by atoms with Crippen molar-refractivity contribution in [3.8, 4) is 0 Å². The van der Waals surface area contributed by atoms with Crippen LogP contribution in [0.3, 0.4) is 0 Å². The molecule has 0 saturated carbocycles. The molecular weight excluding hydrogens is 192 g/mol. The van der Waals surface area contributed by atoms with Crippen LogP contribution in [0.1, 0.15) is 85.0 Å². The zero-order valence-corrected chi connectivity index (χ0v) is 11.9. The molecule has 0 bridgehead atoms. The van der Waals surface area contributed by atoms with E-state index in [4.69, 9.17) is 0 Å². The van der Waals surface area contributed by atoms with Crippen LogP contribution in [-0.4, -0.2) is 0 Å².